The van der Waals surface area contributed by atoms with Crippen molar-refractivity contribution in [1.29, 1.82) is 0 Å². The van der Waals surface area contributed by atoms with Crippen molar-refractivity contribution < 1.29 is 9.21 Å². The van der Waals surface area contributed by atoms with E-state index in [2.05, 4.69) is 0 Å². The van der Waals surface area contributed by atoms with Crippen molar-refractivity contribution in [3.63, 3.8) is 0 Å². The van der Waals surface area contributed by atoms with Crippen LogP contribution in [0, 0.1) is 12.8 Å². The molecule has 2 aliphatic rings. The molecule has 152 valence electrons. The van der Waals surface area contributed by atoms with Gasteiger partial charge in [-0.1, -0.05) is 35.9 Å². The van der Waals surface area contributed by atoms with Gasteiger partial charge in [-0.2, -0.15) is 0 Å². The van der Waals surface area contributed by atoms with Crippen molar-refractivity contribution in [2.24, 2.45) is 5.92 Å². The van der Waals surface area contributed by atoms with Crippen LogP contribution in [0.2, 0.25) is 0 Å². The van der Waals surface area contributed by atoms with Gasteiger partial charge in [-0.25, -0.2) is 0 Å². The maximum absolute atomic E-state index is 13.3. The van der Waals surface area contributed by atoms with Crippen molar-refractivity contribution in [3.8, 4) is 0 Å². The maximum Gasteiger partial charge on any atom is 0.250 e. The van der Waals surface area contributed by atoms with Crippen LogP contribution in [0.3, 0.4) is 0 Å². The van der Waals surface area contributed by atoms with Gasteiger partial charge in [0.1, 0.15) is 5.76 Å². The van der Waals surface area contributed by atoms with Crippen LogP contribution in [-0.4, -0.2) is 28.5 Å². The number of benzene rings is 1. The molecule has 5 rings (SSSR count). The zero-order valence-corrected chi connectivity index (χ0v) is 17.0. The number of amides is 1. The second-order valence-electron chi connectivity index (χ2n) is 8.34. The first-order chi connectivity index (χ1) is 14.6. The van der Waals surface area contributed by atoms with Gasteiger partial charge < -0.3 is 13.9 Å². The van der Waals surface area contributed by atoms with Crippen molar-refractivity contribution in [3.05, 3.63) is 99.9 Å². The lowest BCUT2D eigenvalue weighted by atomic mass is 9.83. The highest BCUT2D eigenvalue weighted by Crippen LogP contribution is 2.35. The summed E-state index contributed by atoms with van der Waals surface area (Å²) in [5, 5.41) is 0. The van der Waals surface area contributed by atoms with Gasteiger partial charge in [-0.15, -0.1) is 0 Å². The highest BCUT2D eigenvalue weighted by atomic mass is 16.3. The van der Waals surface area contributed by atoms with E-state index in [0.29, 0.717) is 31.3 Å². The van der Waals surface area contributed by atoms with Gasteiger partial charge in [0, 0.05) is 49.0 Å². The van der Waals surface area contributed by atoms with Crippen LogP contribution in [0.25, 0.3) is 5.57 Å². The van der Waals surface area contributed by atoms with Gasteiger partial charge in [-0.05, 0) is 43.0 Å². The van der Waals surface area contributed by atoms with Gasteiger partial charge in [0.05, 0.1) is 6.26 Å². The van der Waals surface area contributed by atoms with Gasteiger partial charge in [0.25, 0.3) is 5.56 Å². The van der Waals surface area contributed by atoms with Crippen LogP contribution in [0.5, 0.6) is 0 Å². The Morgan fingerprint density at radius 1 is 1.03 bits per heavy atom. The molecule has 0 radical (unpaired) electrons. The molecule has 3 aromatic rings. The molecule has 0 aliphatic carbocycles. The highest BCUT2D eigenvalue weighted by Gasteiger charge is 2.35. The molecule has 0 saturated carbocycles. The van der Waals surface area contributed by atoms with E-state index in [0.717, 1.165) is 23.3 Å². The third-order valence-corrected chi connectivity index (χ3v) is 6.21. The SMILES string of the molecule is Cc1ccc(C(=CC(=O)N2CC3CC(C2)c2cccc(=O)n2C3)c2ccco2)cc1. The Labute approximate surface area is 175 Å². The first-order valence-corrected chi connectivity index (χ1v) is 10.4. The van der Waals surface area contributed by atoms with E-state index in [4.69, 9.17) is 4.42 Å². The first kappa shape index (κ1) is 18.7. The van der Waals surface area contributed by atoms with Crippen LogP contribution in [0.1, 0.15) is 34.9 Å². The second kappa shape index (κ2) is 7.48. The van der Waals surface area contributed by atoms with E-state index in [1.807, 2.05) is 64.9 Å². The molecular weight excluding hydrogens is 376 g/mol. The topological polar surface area (TPSA) is 55.5 Å². The average molecular weight is 400 g/mol. The Hall–Kier alpha value is -3.34. The van der Waals surface area contributed by atoms with Crippen molar-refractivity contribution in [2.45, 2.75) is 25.8 Å². The van der Waals surface area contributed by atoms with Gasteiger partial charge >= 0.3 is 0 Å². The van der Waals surface area contributed by atoms with E-state index in [-0.39, 0.29) is 17.4 Å². The van der Waals surface area contributed by atoms with E-state index in [1.54, 1.807) is 18.4 Å². The zero-order valence-electron chi connectivity index (χ0n) is 17.0. The molecule has 4 heterocycles. The molecule has 1 fully saturated rings. The van der Waals surface area contributed by atoms with Gasteiger partial charge in [0.15, 0.2) is 0 Å². The Balaban J connectivity index is 1.46. The number of rotatable bonds is 3. The molecular formula is C25H24N2O3. The molecule has 0 spiro atoms. The molecule has 2 atom stereocenters. The quantitative estimate of drug-likeness (QED) is 0.628. The molecule has 1 aromatic carbocycles. The number of hydrogen-bond donors (Lipinski definition) is 0. The monoisotopic (exact) mass is 400 g/mol. The van der Waals surface area contributed by atoms with Gasteiger partial charge in [0.2, 0.25) is 5.91 Å². The van der Waals surface area contributed by atoms with E-state index < -0.39 is 0 Å². The Morgan fingerprint density at radius 2 is 1.87 bits per heavy atom. The van der Waals surface area contributed by atoms with Crippen LogP contribution >= 0.6 is 0 Å². The minimum absolute atomic E-state index is 0.0107. The van der Waals surface area contributed by atoms with Crippen LogP contribution in [0.4, 0.5) is 0 Å². The standard InChI is InChI=1S/C25H24N2O3/c1-17-7-9-19(10-8-17)21(23-5-3-11-30-23)13-25(29)26-14-18-12-20(16-26)22-4-2-6-24(28)27(22)15-18/h2-11,13,18,20H,12,14-16H2,1H3. The summed E-state index contributed by atoms with van der Waals surface area (Å²) in [6, 6.07) is 17.3. The third kappa shape index (κ3) is 3.41. The Morgan fingerprint density at radius 3 is 2.63 bits per heavy atom. The fourth-order valence-corrected chi connectivity index (χ4v) is 4.75. The Bertz CT molecular complexity index is 1160. The van der Waals surface area contributed by atoms with Crippen LogP contribution in [-0.2, 0) is 11.3 Å². The molecule has 2 aliphatic heterocycles. The lowest BCUT2D eigenvalue weighted by Gasteiger charge is -2.42. The maximum atomic E-state index is 13.3. The van der Waals surface area contributed by atoms with Crippen LogP contribution in [0.15, 0.2) is 76.1 Å². The van der Waals surface area contributed by atoms with E-state index >= 15 is 0 Å². The van der Waals surface area contributed by atoms with Crippen molar-refractivity contribution >= 4 is 11.5 Å². The number of nitrogens with zero attached hydrogens (tertiary/aromatic N) is 2. The lowest BCUT2D eigenvalue weighted by molar-refractivity contribution is -0.128. The number of piperidine rings is 1. The molecule has 1 amide bonds. The largest absolute Gasteiger partial charge is 0.464 e. The number of aromatic nitrogens is 1. The van der Waals surface area contributed by atoms with E-state index in [9.17, 15) is 9.59 Å². The van der Waals surface area contributed by atoms with E-state index in [1.165, 1.54) is 5.56 Å². The first-order valence-electron chi connectivity index (χ1n) is 10.4. The number of carbonyl (C=O) groups is 1. The molecule has 2 unspecified atom stereocenters. The average Bonchev–Trinajstić information content (AvgIpc) is 3.28. The van der Waals surface area contributed by atoms with Crippen LogP contribution < -0.4 is 5.56 Å². The predicted molar refractivity (Wildman–Crippen MR) is 115 cm³/mol. The predicted octanol–water partition coefficient (Wildman–Crippen LogP) is 3.83. The van der Waals surface area contributed by atoms with Crippen molar-refractivity contribution in [2.75, 3.05) is 13.1 Å². The Kier molecular flexibility index (Phi) is 4.66. The molecule has 2 bridgehead atoms. The number of furan rings is 1. The minimum atomic E-state index is -0.0107. The summed E-state index contributed by atoms with van der Waals surface area (Å²) in [5.41, 5.74) is 4.02. The summed E-state index contributed by atoms with van der Waals surface area (Å²) in [5.74, 6) is 1.18. The number of hydrogen-bond acceptors (Lipinski definition) is 3. The molecule has 1 saturated heterocycles. The second-order valence-corrected chi connectivity index (χ2v) is 8.34. The number of aryl methyl sites for hydroxylation is 1. The summed E-state index contributed by atoms with van der Waals surface area (Å²) in [6.45, 7) is 4.03. The third-order valence-electron chi connectivity index (χ3n) is 6.21. The minimum Gasteiger partial charge on any atom is -0.464 e. The zero-order chi connectivity index (χ0) is 20.7. The number of fused-ring (bicyclic) bond motifs is 4. The smallest absolute Gasteiger partial charge is 0.250 e. The van der Waals surface area contributed by atoms with Gasteiger partial charge in [-0.3, -0.25) is 9.59 Å². The summed E-state index contributed by atoms with van der Waals surface area (Å²) in [6.07, 6.45) is 4.35. The fourth-order valence-electron chi connectivity index (χ4n) is 4.75. The number of carbonyl (C=O) groups excluding carboxylic acids is 1. The fraction of sp³-hybridized carbons (Fsp3) is 0.280. The van der Waals surface area contributed by atoms with Crippen molar-refractivity contribution in [1.82, 2.24) is 9.47 Å². The summed E-state index contributed by atoms with van der Waals surface area (Å²) >= 11 is 0. The summed E-state index contributed by atoms with van der Waals surface area (Å²) in [4.78, 5) is 27.5. The lowest BCUT2D eigenvalue weighted by Crippen LogP contribution is -2.48. The molecule has 0 N–H and O–H groups in total. The summed E-state index contributed by atoms with van der Waals surface area (Å²) < 4.78 is 7.51. The molecule has 5 heteroatoms. The summed E-state index contributed by atoms with van der Waals surface area (Å²) in [7, 11) is 0. The normalized spacial score (nSPS) is 20.7. The molecule has 5 nitrogen and oxygen atoms in total. The molecule has 2 aromatic heterocycles. The molecule has 30 heavy (non-hydrogen) atoms. The number of pyridine rings is 1. The highest BCUT2D eigenvalue weighted by molar-refractivity contribution is 5.98. The number of likely N-dealkylation sites (tertiary alicyclic amines) is 1.